The average molecular weight is 442 g/mol. The first-order valence-corrected chi connectivity index (χ1v) is 10.7. The van der Waals surface area contributed by atoms with Crippen LogP contribution in [0.2, 0.25) is 0 Å². The van der Waals surface area contributed by atoms with E-state index in [4.69, 9.17) is 15.9 Å². The molecule has 10 heteroatoms. The lowest BCUT2D eigenvalue weighted by Crippen LogP contribution is -2.38. The molecule has 0 aliphatic carbocycles. The number of benzene rings is 2. The molecule has 0 spiro atoms. The summed E-state index contributed by atoms with van der Waals surface area (Å²) in [5.41, 5.74) is 13.0. The maximum atomic E-state index is 13.5. The number of hydrogen-bond donors (Lipinski definition) is 2. The second-order valence-electron chi connectivity index (χ2n) is 7.19. The van der Waals surface area contributed by atoms with E-state index in [1.54, 1.807) is 44.2 Å². The van der Waals surface area contributed by atoms with Crippen molar-refractivity contribution in [2.24, 2.45) is 10.8 Å². The first-order valence-electron chi connectivity index (χ1n) is 9.24. The molecular weight excluding hydrogens is 420 g/mol. The van der Waals surface area contributed by atoms with Crippen molar-refractivity contribution < 1.29 is 17.6 Å². The van der Waals surface area contributed by atoms with Crippen molar-refractivity contribution in [2.45, 2.75) is 32.6 Å². The number of sulfonamides is 1. The monoisotopic (exact) mass is 442 g/mol. The summed E-state index contributed by atoms with van der Waals surface area (Å²) < 4.78 is 32.5. The standard InChI is InChI=1S/C21H22N4O5S/c1-11-9-13(3)20(19-18(11)12(2)10-17(26)30-19)31(28,29)25(21(23)27)24-14(4)15-5-7-16(22)8-6-15/h5-10H,22H2,1-4H3,(H2,23,27)/b24-14-. The molecule has 1 aromatic heterocycles. The molecule has 0 aliphatic rings. The number of urea groups is 1. The molecule has 0 atom stereocenters. The van der Waals surface area contributed by atoms with Crippen molar-refractivity contribution in [3.05, 3.63) is 69.1 Å². The van der Waals surface area contributed by atoms with E-state index in [0.717, 1.165) is 5.56 Å². The number of hydrogen-bond acceptors (Lipinski definition) is 7. The summed E-state index contributed by atoms with van der Waals surface area (Å²) in [6.07, 6.45) is 0. The van der Waals surface area contributed by atoms with E-state index in [1.165, 1.54) is 19.9 Å². The van der Waals surface area contributed by atoms with E-state index in [2.05, 4.69) is 5.10 Å². The van der Waals surface area contributed by atoms with Crippen LogP contribution in [-0.2, 0) is 10.0 Å². The summed E-state index contributed by atoms with van der Waals surface area (Å²) in [5.74, 6) is 0. The molecule has 9 nitrogen and oxygen atoms in total. The number of carbonyl (C=O) groups excluding carboxylic acids is 1. The van der Waals surface area contributed by atoms with Gasteiger partial charge in [0.1, 0.15) is 4.90 Å². The Morgan fingerprint density at radius 2 is 1.61 bits per heavy atom. The van der Waals surface area contributed by atoms with Crippen LogP contribution in [0.15, 0.2) is 55.6 Å². The lowest BCUT2D eigenvalue weighted by atomic mass is 10.0. The second kappa shape index (κ2) is 7.88. The van der Waals surface area contributed by atoms with Crippen molar-refractivity contribution in [3.8, 4) is 0 Å². The quantitative estimate of drug-likeness (QED) is 0.275. The van der Waals surface area contributed by atoms with Crippen molar-refractivity contribution in [1.29, 1.82) is 0 Å². The Kier molecular flexibility index (Phi) is 5.60. The fourth-order valence-corrected chi connectivity index (χ4v) is 4.93. The molecule has 1 heterocycles. The fraction of sp³-hybridized carbons (Fsp3) is 0.190. The Hall–Kier alpha value is -3.66. The van der Waals surface area contributed by atoms with Crippen LogP contribution in [0.5, 0.6) is 0 Å². The van der Waals surface area contributed by atoms with Gasteiger partial charge in [-0.05, 0) is 62.1 Å². The van der Waals surface area contributed by atoms with Gasteiger partial charge in [0.05, 0.1) is 5.71 Å². The maximum Gasteiger partial charge on any atom is 0.350 e. The molecule has 0 bridgehead atoms. The van der Waals surface area contributed by atoms with Crippen LogP contribution in [0.1, 0.15) is 29.2 Å². The molecule has 3 rings (SSSR count). The third-order valence-corrected chi connectivity index (χ3v) is 6.53. The lowest BCUT2D eigenvalue weighted by Gasteiger charge is -2.19. The Morgan fingerprint density at radius 3 is 2.19 bits per heavy atom. The molecule has 0 radical (unpaired) electrons. The number of nitrogens with zero attached hydrogens (tertiary/aromatic N) is 2. The number of aryl methyl sites for hydroxylation is 3. The predicted octanol–water partition coefficient (Wildman–Crippen LogP) is 2.79. The Labute approximate surface area is 179 Å². The second-order valence-corrected chi connectivity index (χ2v) is 8.89. The Balaban J connectivity index is 2.29. The molecule has 0 aliphatic heterocycles. The van der Waals surface area contributed by atoms with E-state index in [0.29, 0.717) is 22.2 Å². The number of rotatable bonds is 4. The van der Waals surface area contributed by atoms with Crippen LogP contribution in [0.25, 0.3) is 11.0 Å². The number of fused-ring (bicyclic) bond motifs is 1. The number of primary amides is 1. The zero-order valence-electron chi connectivity index (χ0n) is 17.5. The van der Waals surface area contributed by atoms with Gasteiger partial charge in [-0.1, -0.05) is 22.6 Å². The molecular formula is C21H22N4O5S. The molecule has 0 saturated heterocycles. The molecule has 0 fully saturated rings. The van der Waals surface area contributed by atoms with Crippen LogP contribution >= 0.6 is 0 Å². The van der Waals surface area contributed by atoms with Gasteiger partial charge in [0.15, 0.2) is 5.58 Å². The van der Waals surface area contributed by atoms with Crippen molar-refractivity contribution in [1.82, 2.24) is 4.41 Å². The highest BCUT2D eigenvalue weighted by Crippen LogP contribution is 2.32. The first-order chi connectivity index (χ1) is 14.4. The van der Waals surface area contributed by atoms with Crippen LogP contribution in [-0.4, -0.2) is 24.6 Å². The highest BCUT2D eigenvalue weighted by Gasteiger charge is 2.33. The number of amides is 2. The summed E-state index contributed by atoms with van der Waals surface area (Å²) in [5, 5.41) is 4.43. The van der Waals surface area contributed by atoms with Gasteiger partial charge in [-0.15, -0.1) is 0 Å². The summed E-state index contributed by atoms with van der Waals surface area (Å²) >= 11 is 0. The number of nitrogens with two attached hydrogens (primary N) is 2. The van der Waals surface area contributed by atoms with Gasteiger partial charge in [0.25, 0.3) is 10.0 Å². The van der Waals surface area contributed by atoms with Crippen molar-refractivity contribution in [3.63, 3.8) is 0 Å². The minimum atomic E-state index is -4.61. The third kappa shape index (κ3) is 4.02. The maximum absolute atomic E-state index is 13.5. The molecule has 0 unspecified atom stereocenters. The zero-order chi connectivity index (χ0) is 23.1. The van der Waals surface area contributed by atoms with E-state index in [9.17, 15) is 18.0 Å². The number of nitrogen functional groups attached to an aromatic ring is 1. The van der Waals surface area contributed by atoms with Crippen LogP contribution < -0.4 is 17.1 Å². The van der Waals surface area contributed by atoms with Crippen LogP contribution in [0, 0.1) is 20.8 Å². The number of hydrazone groups is 1. The van der Waals surface area contributed by atoms with Gasteiger partial charge in [0.2, 0.25) is 0 Å². The van der Waals surface area contributed by atoms with E-state index >= 15 is 0 Å². The fourth-order valence-electron chi connectivity index (χ4n) is 3.45. The SMILES string of the molecule is C/C(=N/N(C(N)=O)S(=O)(=O)c1c(C)cc(C)c2c(C)cc(=O)oc12)c1ccc(N)cc1. The van der Waals surface area contributed by atoms with Gasteiger partial charge in [-0.25, -0.2) is 9.59 Å². The summed E-state index contributed by atoms with van der Waals surface area (Å²) in [6.45, 7) is 6.51. The average Bonchev–Trinajstić information content (AvgIpc) is 2.64. The molecule has 2 amide bonds. The number of anilines is 1. The highest BCUT2D eigenvalue weighted by atomic mass is 32.2. The van der Waals surface area contributed by atoms with Crippen LogP contribution in [0.3, 0.4) is 0 Å². The summed E-state index contributed by atoms with van der Waals surface area (Å²) in [7, 11) is -4.61. The lowest BCUT2D eigenvalue weighted by molar-refractivity contribution is 0.233. The van der Waals surface area contributed by atoms with Gasteiger partial charge >= 0.3 is 11.7 Å². The molecule has 162 valence electrons. The zero-order valence-corrected chi connectivity index (χ0v) is 18.3. The molecule has 31 heavy (non-hydrogen) atoms. The Morgan fingerprint density at radius 1 is 1.03 bits per heavy atom. The largest absolute Gasteiger partial charge is 0.421 e. The molecule has 0 saturated carbocycles. The normalized spacial score (nSPS) is 12.2. The minimum absolute atomic E-state index is 0.144. The molecule has 2 aromatic carbocycles. The van der Waals surface area contributed by atoms with E-state index < -0.39 is 21.7 Å². The van der Waals surface area contributed by atoms with Crippen molar-refractivity contribution >= 4 is 38.4 Å². The van der Waals surface area contributed by atoms with E-state index in [1.807, 2.05) is 0 Å². The topological polar surface area (TPSA) is 149 Å². The number of carbonyl (C=O) groups is 1. The smallest absolute Gasteiger partial charge is 0.350 e. The van der Waals surface area contributed by atoms with E-state index in [-0.39, 0.29) is 26.2 Å². The predicted molar refractivity (Wildman–Crippen MR) is 118 cm³/mol. The Bertz CT molecular complexity index is 1390. The van der Waals surface area contributed by atoms with Gasteiger partial charge in [-0.2, -0.15) is 13.5 Å². The first kappa shape index (κ1) is 22.0. The highest BCUT2D eigenvalue weighted by molar-refractivity contribution is 7.90. The minimum Gasteiger partial charge on any atom is -0.421 e. The van der Waals surface area contributed by atoms with Crippen LogP contribution in [0.4, 0.5) is 10.5 Å². The molecule has 4 N–H and O–H groups in total. The van der Waals surface area contributed by atoms with Gasteiger partial charge < -0.3 is 15.9 Å². The van der Waals surface area contributed by atoms with Gasteiger partial charge in [0, 0.05) is 17.1 Å². The summed E-state index contributed by atoms with van der Waals surface area (Å²) in [4.78, 5) is 23.8. The summed E-state index contributed by atoms with van der Waals surface area (Å²) in [6, 6.07) is 8.11. The third-order valence-electron chi connectivity index (χ3n) is 4.79. The van der Waals surface area contributed by atoms with Gasteiger partial charge in [-0.3, -0.25) is 0 Å². The van der Waals surface area contributed by atoms with Crippen molar-refractivity contribution in [2.75, 3.05) is 5.73 Å². The molecule has 3 aromatic rings.